The summed E-state index contributed by atoms with van der Waals surface area (Å²) in [5, 5.41) is 16.0. The zero-order chi connectivity index (χ0) is 12.4. The molecule has 0 radical (unpaired) electrons. The molecule has 0 bridgehead atoms. The predicted molar refractivity (Wildman–Crippen MR) is 63.4 cm³/mol. The number of aliphatic hydroxyl groups is 1. The molecule has 5 nitrogen and oxygen atoms in total. The van der Waals surface area contributed by atoms with Gasteiger partial charge in [-0.25, -0.2) is 4.79 Å². The Bertz CT molecular complexity index is 258. The fourth-order valence-corrected chi connectivity index (χ4v) is 1.44. The molecule has 0 unspecified atom stereocenters. The van der Waals surface area contributed by atoms with Gasteiger partial charge < -0.3 is 20.6 Å². The third-order valence-electron chi connectivity index (χ3n) is 3.42. The molecule has 1 aliphatic rings. The van der Waals surface area contributed by atoms with Crippen LogP contribution in [0.2, 0.25) is 0 Å². The lowest BCUT2D eigenvalue weighted by Crippen LogP contribution is -2.57. The van der Waals surface area contributed by atoms with Crippen LogP contribution in [-0.4, -0.2) is 53.4 Å². The van der Waals surface area contributed by atoms with Gasteiger partial charge in [-0.3, -0.25) is 0 Å². The van der Waals surface area contributed by atoms with Gasteiger partial charge in [-0.15, -0.1) is 0 Å². The average Bonchev–Trinajstić information content (AvgIpc) is 2.49. The molecule has 94 valence electrons. The minimum Gasteiger partial charge on any atom is -0.389 e. The van der Waals surface area contributed by atoms with Gasteiger partial charge in [-0.05, 0) is 27.7 Å². The summed E-state index contributed by atoms with van der Waals surface area (Å²) in [5.74, 6) is 0. The van der Waals surface area contributed by atoms with Crippen LogP contribution in [0.25, 0.3) is 0 Å². The smallest absolute Gasteiger partial charge is 0.317 e. The Balaban J connectivity index is 2.32. The predicted octanol–water partition coefficient (Wildman–Crippen LogP) is 0.151. The van der Waals surface area contributed by atoms with Gasteiger partial charge in [0.15, 0.2) is 0 Å². The minimum atomic E-state index is -0.791. The number of carbonyl (C=O) groups is 1. The van der Waals surface area contributed by atoms with E-state index in [9.17, 15) is 9.90 Å². The topological polar surface area (TPSA) is 64.6 Å². The Kier molecular flexibility index (Phi) is 3.80. The Labute approximate surface area is 97.2 Å². The second kappa shape index (κ2) is 4.59. The largest absolute Gasteiger partial charge is 0.389 e. The molecule has 16 heavy (non-hydrogen) atoms. The van der Waals surface area contributed by atoms with E-state index in [1.165, 1.54) is 0 Å². The monoisotopic (exact) mass is 229 g/mol. The van der Waals surface area contributed by atoms with Gasteiger partial charge in [-0.2, -0.15) is 0 Å². The number of carbonyl (C=O) groups excluding carboxylic acids is 1. The van der Waals surface area contributed by atoms with E-state index < -0.39 is 5.60 Å². The highest BCUT2D eigenvalue weighted by atomic mass is 16.3. The molecule has 0 aromatic carbocycles. The molecule has 0 aromatic rings. The fraction of sp³-hybridized carbons (Fsp3) is 0.909. The summed E-state index contributed by atoms with van der Waals surface area (Å²) in [7, 11) is 0. The molecule has 0 aromatic heterocycles. The van der Waals surface area contributed by atoms with Crippen molar-refractivity contribution in [1.82, 2.24) is 15.5 Å². The average molecular weight is 229 g/mol. The molecule has 0 aliphatic carbocycles. The Morgan fingerprint density at radius 1 is 1.44 bits per heavy atom. The highest BCUT2D eigenvalue weighted by Crippen LogP contribution is 2.19. The van der Waals surface area contributed by atoms with Gasteiger partial charge >= 0.3 is 6.03 Å². The highest BCUT2D eigenvalue weighted by molar-refractivity contribution is 5.76. The van der Waals surface area contributed by atoms with E-state index in [1.54, 1.807) is 18.7 Å². The Hall–Kier alpha value is -0.810. The van der Waals surface area contributed by atoms with Gasteiger partial charge in [0.1, 0.15) is 0 Å². The Morgan fingerprint density at radius 3 is 2.50 bits per heavy atom. The van der Waals surface area contributed by atoms with Crippen molar-refractivity contribution >= 4 is 6.03 Å². The molecular weight excluding hydrogens is 206 g/mol. The lowest BCUT2D eigenvalue weighted by atomic mass is 9.86. The van der Waals surface area contributed by atoms with Crippen LogP contribution in [0.3, 0.4) is 0 Å². The summed E-state index contributed by atoms with van der Waals surface area (Å²) in [6.45, 7) is 10.3. The number of hydrogen-bond donors (Lipinski definition) is 3. The summed E-state index contributed by atoms with van der Waals surface area (Å²) in [5.41, 5.74) is -1.16. The van der Waals surface area contributed by atoms with Crippen molar-refractivity contribution in [3.63, 3.8) is 0 Å². The zero-order valence-electron chi connectivity index (χ0n) is 10.6. The maximum absolute atomic E-state index is 11.3. The van der Waals surface area contributed by atoms with Crippen LogP contribution in [-0.2, 0) is 0 Å². The minimum absolute atomic E-state index is 0.00265. The standard InChI is InChI=1S/C11H23N3O2/c1-10(2,11(3,4)16)13-6-8-14-7-5-12-9(14)15/h13,16H,5-8H2,1-4H3,(H,12,15). The van der Waals surface area contributed by atoms with Gasteiger partial charge in [0, 0.05) is 31.7 Å². The molecule has 0 atom stereocenters. The molecule has 0 spiro atoms. The lowest BCUT2D eigenvalue weighted by molar-refractivity contribution is -0.00470. The van der Waals surface area contributed by atoms with E-state index in [4.69, 9.17) is 0 Å². The first-order valence-electron chi connectivity index (χ1n) is 5.74. The quantitative estimate of drug-likeness (QED) is 0.629. The van der Waals surface area contributed by atoms with Crippen LogP contribution >= 0.6 is 0 Å². The number of nitrogens with one attached hydrogen (secondary N) is 2. The SMILES string of the molecule is CC(C)(O)C(C)(C)NCCN1CCNC1=O. The first-order valence-corrected chi connectivity index (χ1v) is 5.74. The van der Waals surface area contributed by atoms with E-state index >= 15 is 0 Å². The number of hydrogen-bond acceptors (Lipinski definition) is 3. The van der Waals surface area contributed by atoms with Crippen molar-refractivity contribution in [2.24, 2.45) is 0 Å². The van der Waals surface area contributed by atoms with E-state index in [-0.39, 0.29) is 11.6 Å². The van der Waals surface area contributed by atoms with Crippen LogP contribution in [0.15, 0.2) is 0 Å². The zero-order valence-corrected chi connectivity index (χ0v) is 10.6. The molecule has 1 saturated heterocycles. The lowest BCUT2D eigenvalue weighted by Gasteiger charge is -2.38. The number of urea groups is 1. The first kappa shape index (κ1) is 13.3. The summed E-state index contributed by atoms with van der Waals surface area (Å²) >= 11 is 0. The van der Waals surface area contributed by atoms with Gasteiger partial charge in [-0.1, -0.05) is 0 Å². The van der Waals surface area contributed by atoms with Crippen molar-refractivity contribution < 1.29 is 9.90 Å². The number of amides is 2. The van der Waals surface area contributed by atoms with Crippen LogP contribution < -0.4 is 10.6 Å². The molecular formula is C11H23N3O2. The molecule has 5 heteroatoms. The summed E-state index contributed by atoms with van der Waals surface area (Å²) in [6.07, 6.45) is 0. The van der Waals surface area contributed by atoms with E-state index in [0.717, 1.165) is 13.1 Å². The second-order valence-corrected chi connectivity index (χ2v) is 5.33. The third-order valence-corrected chi connectivity index (χ3v) is 3.42. The fourth-order valence-electron chi connectivity index (χ4n) is 1.44. The normalized spacial score (nSPS) is 17.8. The number of nitrogens with zero attached hydrogens (tertiary/aromatic N) is 1. The molecule has 1 fully saturated rings. The maximum Gasteiger partial charge on any atom is 0.317 e. The summed E-state index contributed by atoms with van der Waals surface area (Å²) in [6, 6.07) is 0.00265. The molecule has 1 aliphatic heterocycles. The van der Waals surface area contributed by atoms with E-state index in [0.29, 0.717) is 13.1 Å². The molecule has 3 N–H and O–H groups in total. The first-order chi connectivity index (χ1) is 7.24. The number of rotatable bonds is 5. The van der Waals surface area contributed by atoms with Crippen molar-refractivity contribution in [2.45, 2.75) is 38.8 Å². The van der Waals surface area contributed by atoms with Crippen LogP contribution in [0.1, 0.15) is 27.7 Å². The van der Waals surface area contributed by atoms with Crippen LogP contribution in [0, 0.1) is 0 Å². The van der Waals surface area contributed by atoms with Crippen molar-refractivity contribution in [3.05, 3.63) is 0 Å². The molecule has 2 amide bonds. The van der Waals surface area contributed by atoms with Crippen molar-refractivity contribution in [1.29, 1.82) is 0 Å². The molecule has 1 heterocycles. The summed E-state index contributed by atoms with van der Waals surface area (Å²) < 4.78 is 0. The Morgan fingerprint density at radius 2 is 2.06 bits per heavy atom. The van der Waals surface area contributed by atoms with Crippen molar-refractivity contribution in [2.75, 3.05) is 26.2 Å². The third kappa shape index (κ3) is 3.09. The van der Waals surface area contributed by atoms with E-state index in [1.807, 2.05) is 13.8 Å². The second-order valence-electron chi connectivity index (χ2n) is 5.33. The van der Waals surface area contributed by atoms with Crippen LogP contribution in [0.4, 0.5) is 4.79 Å². The maximum atomic E-state index is 11.3. The molecule has 1 rings (SSSR count). The van der Waals surface area contributed by atoms with Gasteiger partial charge in [0.25, 0.3) is 0 Å². The highest BCUT2D eigenvalue weighted by Gasteiger charge is 2.34. The van der Waals surface area contributed by atoms with Crippen molar-refractivity contribution in [3.8, 4) is 0 Å². The van der Waals surface area contributed by atoms with Gasteiger partial charge in [0.2, 0.25) is 0 Å². The summed E-state index contributed by atoms with van der Waals surface area (Å²) in [4.78, 5) is 13.0. The van der Waals surface area contributed by atoms with Crippen LogP contribution in [0.5, 0.6) is 0 Å². The van der Waals surface area contributed by atoms with E-state index in [2.05, 4.69) is 10.6 Å². The molecule has 0 saturated carbocycles. The van der Waals surface area contributed by atoms with Gasteiger partial charge in [0.05, 0.1) is 5.60 Å².